The summed E-state index contributed by atoms with van der Waals surface area (Å²) < 4.78 is 0. The second-order valence-corrected chi connectivity index (χ2v) is 2.79. The number of nitrogens with two attached hydrogens (primary N) is 1. The minimum atomic E-state index is -0.859. The van der Waals surface area contributed by atoms with E-state index in [9.17, 15) is 10.1 Å². The van der Waals surface area contributed by atoms with Crippen LogP contribution < -0.4 is 5.73 Å². The van der Waals surface area contributed by atoms with Crippen LogP contribution in [0, 0.1) is 10.1 Å². The average molecular weight is 235 g/mol. The van der Waals surface area contributed by atoms with Crippen molar-refractivity contribution in [2.24, 2.45) is 5.73 Å². The van der Waals surface area contributed by atoms with Crippen molar-refractivity contribution < 1.29 is 15.1 Å². The molecule has 0 saturated carbocycles. The average Bonchev–Trinajstić information content (AvgIpc) is 2.16. The minimum Gasteiger partial charge on any atom is -0.508 e. The van der Waals surface area contributed by atoms with Crippen LogP contribution in [-0.2, 0) is 0 Å². The molecule has 0 aliphatic heterocycles. The molecule has 0 fully saturated rings. The van der Waals surface area contributed by atoms with E-state index in [-0.39, 0.29) is 29.4 Å². The zero-order valence-corrected chi connectivity index (χ0v) is 8.48. The van der Waals surface area contributed by atoms with Crippen LogP contribution in [-0.4, -0.2) is 21.7 Å². The van der Waals surface area contributed by atoms with Gasteiger partial charge in [-0.3, -0.25) is 10.1 Å². The van der Waals surface area contributed by atoms with Crippen molar-refractivity contribution in [1.82, 2.24) is 0 Å². The van der Waals surface area contributed by atoms with Gasteiger partial charge in [-0.2, -0.15) is 0 Å². The molecule has 1 aromatic carbocycles. The molecule has 0 amide bonds. The van der Waals surface area contributed by atoms with Crippen LogP contribution >= 0.6 is 12.4 Å². The van der Waals surface area contributed by atoms with Gasteiger partial charge < -0.3 is 15.9 Å². The van der Waals surface area contributed by atoms with Gasteiger partial charge in [0.1, 0.15) is 5.75 Å². The quantitative estimate of drug-likeness (QED) is 0.527. The van der Waals surface area contributed by atoms with Gasteiger partial charge in [0.05, 0.1) is 23.1 Å². The molecule has 0 heterocycles. The summed E-state index contributed by atoms with van der Waals surface area (Å²) in [6.07, 6.45) is 0. The number of phenols is 1. The van der Waals surface area contributed by atoms with Gasteiger partial charge in [0.25, 0.3) is 5.69 Å². The van der Waals surface area contributed by atoms with Gasteiger partial charge in [-0.1, -0.05) is 0 Å². The molecular formula is C8H11ClN2O4. The van der Waals surface area contributed by atoms with Crippen molar-refractivity contribution in [1.29, 1.82) is 0 Å². The van der Waals surface area contributed by atoms with E-state index in [2.05, 4.69) is 0 Å². The van der Waals surface area contributed by atoms with E-state index in [1.807, 2.05) is 0 Å². The fourth-order valence-corrected chi connectivity index (χ4v) is 1.10. The summed E-state index contributed by atoms with van der Waals surface area (Å²) in [5, 5.41) is 28.4. The number of nitro benzene ring substituents is 1. The molecule has 1 rings (SSSR count). The number of phenolic OH excluding ortho intramolecular Hbond substituents is 1. The molecule has 0 saturated heterocycles. The third-order valence-corrected chi connectivity index (χ3v) is 1.80. The molecule has 1 aromatic rings. The molecule has 1 atom stereocenters. The predicted octanol–water partition coefficient (Wildman–Crippen LogP) is 0.714. The van der Waals surface area contributed by atoms with Crippen molar-refractivity contribution in [2.75, 3.05) is 6.61 Å². The summed E-state index contributed by atoms with van der Waals surface area (Å²) in [5.74, 6) is -0.116. The predicted molar refractivity (Wildman–Crippen MR) is 56.0 cm³/mol. The molecule has 0 spiro atoms. The van der Waals surface area contributed by atoms with Gasteiger partial charge in [0.15, 0.2) is 0 Å². The third kappa shape index (κ3) is 3.05. The molecular weight excluding hydrogens is 224 g/mol. The first-order valence-corrected chi connectivity index (χ1v) is 3.90. The lowest BCUT2D eigenvalue weighted by atomic mass is 10.1. The Morgan fingerprint density at radius 1 is 1.53 bits per heavy atom. The second-order valence-electron chi connectivity index (χ2n) is 2.79. The Bertz CT molecular complexity index is 358. The zero-order chi connectivity index (χ0) is 10.7. The first-order valence-electron chi connectivity index (χ1n) is 3.90. The molecule has 0 radical (unpaired) electrons. The Kier molecular flexibility index (Phi) is 4.99. The van der Waals surface area contributed by atoms with Crippen molar-refractivity contribution in [3.63, 3.8) is 0 Å². The topological polar surface area (TPSA) is 110 Å². The van der Waals surface area contributed by atoms with Crippen molar-refractivity contribution in [3.05, 3.63) is 33.9 Å². The molecule has 4 N–H and O–H groups in total. The third-order valence-electron chi connectivity index (χ3n) is 1.80. The monoisotopic (exact) mass is 234 g/mol. The van der Waals surface area contributed by atoms with E-state index in [1.54, 1.807) is 0 Å². The fraction of sp³-hybridized carbons (Fsp3) is 0.250. The molecule has 0 unspecified atom stereocenters. The molecule has 0 aliphatic rings. The fourth-order valence-electron chi connectivity index (χ4n) is 1.10. The maximum absolute atomic E-state index is 10.5. The maximum atomic E-state index is 10.5. The van der Waals surface area contributed by atoms with Crippen LogP contribution in [0.3, 0.4) is 0 Å². The molecule has 6 nitrogen and oxygen atoms in total. The number of halogens is 1. The summed E-state index contributed by atoms with van der Waals surface area (Å²) >= 11 is 0. The number of hydrogen-bond acceptors (Lipinski definition) is 5. The summed E-state index contributed by atoms with van der Waals surface area (Å²) in [5.41, 5.74) is 5.35. The number of aliphatic hydroxyl groups excluding tert-OH is 1. The Balaban J connectivity index is 0.00000196. The van der Waals surface area contributed by atoms with Crippen LogP contribution in [0.15, 0.2) is 18.2 Å². The number of nitrogens with zero attached hydrogens (tertiary/aromatic N) is 1. The summed E-state index contributed by atoms with van der Waals surface area (Å²) in [7, 11) is 0. The van der Waals surface area contributed by atoms with Crippen molar-refractivity contribution in [2.45, 2.75) is 6.04 Å². The van der Waals surface area contributed by atoms with Crippen LogP contribution in [0.2, 0.25) is 0 Å². The van der Waals surface area contributed by atoms with E-state index in [1.165, 1.54) is 12.1 Å². The van der Waals surface area contributed by atoms with E-state index in [0.29, 0.717) is 0 Å². The molecule has 84 valence electrons. The number of aromatic hydroxyl groups is 1. The summed E-state index contributed by atoms with van der Waals surface area (Å²) in [6.45, 7) is -0.412. The number of nitro groups is 1. The standard InChI is InChI=1S/C8H10N2O4.ClH/c9-7(4-11)6-3-5(12)1-2-8(6)10(13)14;/h1-3,7,11-12H,4,9H2;1H/t7-;/m0./s1. The molecule has 0 aromatic heterocycles. The first-order chi connectivity index (χ1) is 6.56. The molecule has 7 heteroatoms. The van der Waals surface area contributed by atoms with E-state index < -0.39 is 17.6 Å². The van der Waals surface area contributed by atoms with Crippen LogP contribution in [0.25, 0.3) is 0 Å². The summed E-state index contributed by atoms with van der Waals surface area (Å²) in [6, 6.07) is 2.67. The van der Waals surface area contributed by atoms with E-state index >= 15 is 0 Å². The van der Waals surface area contributed by atoms with Crippen LogP contribution in [0.4, 0.5) is 5.69 Å². The Hall–Kier alpha value is -1.37. The highest BCUT2D eigenvalue weighted by molar-refractivity contribution is 5.85. The minimum absolute atomic E-state index is 0. The highest BCUT2D eigenvalue weighted by Gasteiger charge is 2.19. The van der Waals surface area contributed by atoms with Gasteiger partial charge in [-0.25, -0.2) is 0 Å². The van der Waals surface area contributed by atoms with Crippen LogP contribution in [0.1, 0.15) is 11.6 Å². The summed E-state index contributed by atoms with van der Waals surface area (Å²) in [4.78, 5) is 9.93. The number of benzene rings is 1. The smallest absolute Gasteiger partial charge is 0.274 e. The molecule has 0 aliphatic carbocycles. The second kappa shape index (κ2) is 5.50. The van der Waals surface area contributed by atoms with Gasteiger partial charge >= 0.3 is 0 Å². The zero-order valence-electron chi connectivity index (χ0n) is 7.66. The normalized spacial score (nSPS) is 11.6. The van der Waals surface area contributed by atoms with Crippen molar-refractivity contribution in [3.8, 4) is 5.75 Å². The van der Waals surface area contributed by atoms with E-state index in [0.717, 1.165) is 6.07 Å². The van der Waals surface area contributed by atoms with Crippen LogP contribution in [0.5, 0.6) is 5.75 Å². The lowest BCUT2D eigenvalue weighted by Gasteiger charge is -2.08. The van der Waals surface area contributed by atoms with E-state index in [4.69, 9.17) is 15.9 Å². The largest absolute Gasteiger partial charge is 0.508 e. The first kappa shape index (κ1) is 13.6. The lowest BCUT2D eigenvalue weighted by molar-refractivity contribution is -0.385. The molecule has 0 bridgehead atoms. The number of hydrogen-bond donors (Lipinski definition) is 3. The number of rotatable bonds is 3. The lowest BCUT2D eigenvalue weighted by Crippen LogP contribution is -2.16. The SMILES string of the molecule is Cl.N[C@@H](CO)c1cc(O)ccc1[N+](=O)[O-]. The van der Waals surface area contributed by atoms with Gasteiger partial charge in [0.2, 0.25) is 0 Å². The highest BCUT2D eigenvalue weighted by atomic mass is 35.5. The Labute approximate surface area is 91.9 Å². The Morgan fingerprint density at radius 2 is 2.13 bits per heavy atom. The van der Waals surface area contributed by atoms with Gasteiger partial charge in [0, 0.05) is 6.07 Å². The number of aliphatic hydroxyl groups is 1. The highest BCUT2D eigenvalue weighted by Crippen LogP contribution is 2.27. The maximum Gasteiger partial charge on any atom is 0.274 e. The Morgan fingerprint density at radius 3 is 2.60 bits per heavy atom. The van der Waals surface area contributed by atoms with Crippen molar-refractivity contribution >= 4 is 18.1 Å². The van der Waals surface area contributed by atoms with Gasteiger partial charge in [-0.05, 0) is 12.1 Å². The van der Waals surface area contributed by atoms with Gasteiger partial charge in [-0.15, -0.1) is 12.4 Å². The molecule has 15 heavy (non-hydrogen) atoms.